The van der Waals surface area contributed by atoms with Crippen LogP contribution in [0.1, 0.15) is 19.1 Å². The normalized spacial score (nSPS) is 11.5. The molecule has 0 saturated heterocycles. The predicted molar refractivity (Wildman–Crippen MR) is 48.9 cm³/mol. The van der Waals surface area contributed by atoms with Crippen LogP contribution in [0.2, 0.25) is 0 Å². The molecule has 1 heterocycles. The van der Waals surface area contributed by atoms with E-state index in [1.165, 1.54) is 6.07 Å². The van der Waals surface area contributed by atoms with E-state index in [1.54, 1.807) is 13.8 Å². The molecule has 13 heavy (non-hydrogen) atoms. The van der Waals surface area contributed by atoms with E-state index in [4.69, 9.17) is 4.52 Å². The smallest absolute Gasteiger partial charge is 0.233 e. The van der Waals surface area contributed by atoms with Crippen LogP contribution in [0, 0.1) is 6.92 Å². The maximum atomic E-state index is 11.2. The van der Waals surface area contributed by atoms with Crippen LogP contribution in [-0.4, -0.2) is 19.3 Å². The SMILES string of the molecule is CCCS(=O)(=O)Nc1cc(C)on1. The zero-order valence-electron chi connectivity index (χ0n) is 7.57. The standard InChI is InChI=1S/C7H12N2O3S/c1-3-4-13(10,11)9-7-5-6(2)12-8-7/h5H,3-4H2,1-2H3,(H,8,9). The summed E-state index contributed by atoms with van der Waals surface area (Å²) in [5.41, 5.74) is 0. The summed E-state index contributed by atoms with van der Waals surface area (Å²) in [6.07, 6.45) is 0.576. The summed E-state index contributed by atoms with van der Waals surface area (Å²) in [4.78, 5) is 0. The number of nitrogens with zero attached hydrogens (tertiary/aromatic N) is 1. The molecule has 0 radical (unpaired) electrons. The highest BCUT2D eigenvalue weighted by atomic mass is 32.2. The second-order valence-electron chi connectivity index (χ2n) is 2.74. The number of anilines is 1. The van der Waals surface area contributed by atoms with Crippen molar-refractivity contribution < 1.29 is 12.9 Å². The maximum Gasteiger partial charge on any atom is 0.233 e. The van der Waals surface area contributed by atoms with E-state index >= 15 is 0 Å². The molecule has 6 heteroatoms. The molecule has 1 N–H and O–H groups in total. The van der Waals surface area contributed by atoms with Crippen molar-refractivity contribution in [3.63, 3.8) is 0 Å². The summed E-state index contributed by atoms with van der Waals surface area (Å²) in [5.74, 6) is 0.916. The first-order valence-electron chi connectivity index (χ1n) is 3.97. The fourth-order valence-corrected chi connectivity index (χ4v) is 1.95. The Kier molecular flexibility index (Phi) is 2.92. The van der Waals surface area contributed by atoms with Gasteiger partial charge in [-0.3, -0.25) is 4.72 Å². The Hall–Kier alpha value is -1.04. The first-order valence-corrected chi connectivity index (χ1v) is 5.62. The number of aromatic nitrogens is 1. The third kappa shape index (κ3) is 3.06. The summed E-state index contributed by atoms with van der Waals surface area (Å²) >= 11 is 0. The molecule has 0 saturated carbocycles. The van der Waals surface area contributed by atoms with E-state index in [1.807, 2.05) is 0 Å². The van der Waals surface area contributed by atoms with Crippen LogP contribution in [0.5, 0.6) is 0 Å². The Morgan fingerprint density at radius 3 is 2.77 bits per heavy atom. The van der Waals surface area contributed by atoms with Crippen molar-refractivity contribution in [3.05, 3.63) is 11.8 Å². The minimum absolute atomic E-state index is 0.0961. The van der Waals surface area contributed by atoms with E-state index in [0.717, 1.165) is 0 Å². The summed E-state index contributed by atoms with van der Waals surface area (Å²) in [6, 6.07) is 1.53. The van der Waals surface area contributed by atoms with Crippen LogP contribution in [0.25, 0.3) is 0 Å². The van der Waals surface area contributed by atoms with E-state index in [9.17, 15) is 8.42 Å². The fraction of sp³-hybridized carbons (Fsp3) is 0.571. The summed E-state index contributed by atoms with van der Waals surface area (Å²) in [6.45, 7) is 3.50. The summed E-state index contributed by atoms with van der Waals surface area (Å²) in [7, 11) is -3.24. The van der Waals surface area contributed by atoms with Gasteiger partial charge >= 0.3 is 0 Å². The lowest BCUT2D eigenvalue weighted by Crippen LogP contribution is -2.16. The van der Waals surface area contributed by atoms with Gasteiger partial charge in [-0.1, -0.05) is 12.1 Å². The first-order chi connectivity index (χ1) is 6.03. The van der Waals surface area contributed by atoms with Crippen molar-refractivity contribution in [1.82, 2.24) is 5.16 Å². The van der Waals surface area contributed by atoms with Crippen LogP contribution >= 0.6 is 0 Å². The van der Waals surface area contributed by atoms with Crippen LogP contribution in [0.15, 0.2) is 10.6 Å². The van der Waals surface area contributed by atoms with Crippen molar-refractivity contribution in [3.8, 4) is 0 Å². The number of nitrogens with one attached hydrogen (secondary N) is 1. The van der Waals surface area contributed by atoms with Crippen molar-refractivity contribution in [2.24, 2.45) is 0 Å². The molecule has 5 nitrogen and oxygen atoms in total. The molecule has 0 bridgehead atoms. The molecule has 0 atom stereocenters. The minimum Gasteiger partial charge on any atom is -0.360 e. The molecule has 0 aromatic carbocycles. The molecule has 0 aliphatic carbocycles. The van der Waals surface area contributed by atoms with Gasteiger partial charge in [0.1, 0.15) is 5.76 Å². The van der Waals surface area contributed by atoms with Gasteiger partial charge in [0.15, 0.2) is 5.82 Å². The average molecular weight is 204 g/mol. The van der Waals surface area contributed by atoms with Gasteiger partial charge in [-0.05, 0) is 13.3 Å². The highest BCUT2D eigenvalue weighted by Gasteiger charge is 2.10. The van der Waals surface area contributed by atoms with Gasteiger partial charge in [-0.2, -0.15) is 0 Å². The molecule has 0 unspecified atom stereocenters. The molecule has 0 fully saturated rings. The van der Waals surface area contributed by atoms with Gasteiger partial charge in [0, 0.05) is 6.07 Å². The second-order valence-corrected chi connectivity index (χ2v) is 4.59. The van der Waals surface area contributed by atoms with E-state index in [0.29, 0.717) is 12.2 Å². The van der Waals surface area contributed by atoms with Crippen LogP contribution in [0.3, 0.4) is 0 Å². The van der Waals surface area contributed by atoms with Gasteiger partial charge < -0.3 is 4.52 Å². The Bertz CT molecular complexity index is 369. The quantitative estimate of drug-likeness (QED) is 0.798. The lowest BCUT2D eigenvalue weighted by atomic mass is 10.5. The van der Waals surface area contributed by atoms with Gasteiger partial charge in [0.05, 0.1) is 5.75 Å². The number of hydrogen-bond donors (Lipinski definition) is 1. The topological polar surface area (TPSA) is 72.2 Å². The highest BCUT2D eigenvalue weighted by Crippen LogP contribution is 2.09. The van der Waals surface area contributed by atoms with Crippen molar-refractivity contribution in [2.75, 3.05) is 10.5 Å². The van der Waals surface area contributed by atoms with Gasteiger partial charge in [0.25, 0.3) is 0 Å². The molecular weight excluding hydrogens is 192 g/mol. The zero-order valence-corrected chi connectivity index (χ0v) is 8.39. The number of sulfonamides is 1. The summed E-state index contributed by atoms with van der Waals surface area (Å²) < 4.78 is 29.5. The Morgan fingerprint density at radius 2 is 2.31 bits per heavy atom. The van der Waals surface area contributed by atoms with Crippen LogP contribution in [0.4, 0.5) is 5.82 Å². The largest absolute Gasteiger partial charge is 0.360 e. The predicted octanol–water partition coefficient (Wildman–Crippen LogP) is 1.13. The molecule has 1 rings (SSSR count). The first kappa shape index (κ1) is 10.0. The van der Waals surface area contributed by atoms with Gasteiger partial charge in [-0.15, -0.1) is 0 Å². The molecular formula is C7H12N2O3S. The van der Waals surface area contributed by atoms with Crippen LogP contribution < -0.4 is 4.72 Å². The van der Waals surface area contributed by atoms with Crippen LogP contribution in [-0.2, 0) is 10.0 Å². The number of rotatable bonds is 4. The maximum absolute atomic E-state index is 11.2. The molecule has 1 aromatic heterocycles. The average Bonchev–Trinajstić information content (AvgIpc) is 2.34. The van der Waals surface area contributed by atoms with Crippen molar-refractivity contribution in [1.29, 1.82) is 0 Å². The van der Waals surface area contributed by atoms with E-state index in [2.05, 4.69) is 9.88 Å². The summed E-state index contributed by atoms with van der Waals surface area (Å²) in [5, 5.41) is 3.52. The third-order valence-corrected chi connectivity index (χ3v) is 2.83. The minimum atomic E-state index is -3.24. The lowest BCUT2D eigenvalue weighted by Gasteiger charge is -2.01. The Balaban J connectivity index is 2.69. The van der Waals surface area contributed by atoms with Gasteiger partial charge in [0.2, 0.25) is 10.0 Å². The fourth-order valence-electron chi connectivity index (χ4n) is 0.894. The second kappa shape index (κ2) is 3.78. The Morgan fingerprint density at radius 1 is 1.62 bits per heavy atom. The molecule has 0 spiro atoms. The van der Waals surface area contributed by atoms with E-state index < -0.39 is 10.0 Å². The number of hydrogen-bond acceptors (Lipinski definition) is 4. The Labute approximate surface area is 77.2 Å². The van der Waals surface area contributed by atoms with Gasteiger partial charge in [-0.25, -0.2) is 8.42 Å². The zero-order chi connectivity index (χ0) is 9.90. The van der Waals surface area contributed by atoms with Crippen molar-refractivity contribution >= 4 is 15.8 Å². The lowest BCUT2D eigenvalue weighted by molar-refractivity contribution is 0.400. The molecule has 1 aromatic rings. The molecule has 0 aliphatic heterocycles. The molecule has 0 amide bonds. The van der Waals surface area contributed by atoms with Crippen molar-refractivity contribution in [2.45, 2.75) is 20.3 Å². The monoisotopic (exact) mass is 204 g/mol. The highest BCUT2D eigenvalue weighted by molar-refractivity contribution is 7.92. The number of aryl methyl sites for hydroxylation is 1. The van der Waals surface area contributed by atoms with E-state index in [-0.39, 0.29) is 11.6 Å². The molecule has 0 aliphatic rings. The molecule has 74 valence electrons. The third-order valence-electron chi connectivity index (χ3n) is 1.36.